The molecule has 1 saturated carbocycles. The maximum Gasteiger partial charge on any atom is 0.324 e. The minimum absolute atomic E-state index is 0.0257. The summed E-state index contributed by atoms with van der Waals surface area (Å²) in [5.41, 5.74) is 0.745. The van der Waals surface area contributed by atoms with Gasteiger partial charge in [-0.05, 0) is 18.6 Å². The van der Waals surface area contributed by atoms with E-state index in [1.165, 1.54) is 12.1 Å². The van der Waals surface area contributed by atoms with E-state index in [1.807, 2.05) is 11.9 Å². The normalized spacial score (nSPS) is 26.8. The second-order valence-corrected chi connectivity index (χ2v) is 7.33. The van der Waals surface area contributed by atoms with E-state index >= 15 is 0 Å². The van der Waals surface area contributed by atoms with Crippen LogP contribution in [0.3, 0.4) is 0 Å². The van der Waals surface area contributed by atoms with Crippen molar-refractivity contribution in [3.63, 3.8) is 0 Å². The van der Waals surface area contributed by atoms with Gasteiger partial charge in [-0.1, -0.05) is 19.0 Å². The van der Waals surface area contributed by atoms with Gasteiger partial charge in [0.2, 0.25) is 5.82 Å². The summed E-state index contributed by atoms with van der Waals surface area (Å²) in [6.45, 7) is 5.21. The highest BCUT2D eigenvalue weighted by molar-refractivity contribution is 5.58. The van der Waals surface area contributed by atoms with Gasteiger partial charge in [0.25, 0.3) is 5.69 Å². The summed E-state index contributed by atoms with van der Waals surface area (Å²) in [5.74, 6) is 0.905. The third-order valence-electron chi connectivity index (χ3n) is 5.51. The summed E-state index contributed by atoms with van der Waals surface area (Å²) in [4.78, 5) is 16.8. The molecule has 132 valence electrons. The molecule has 0 spiro atoms. The van der Waals surface area contributed by atoms with Crippen LogP contribution in [-0.4, -0.2) is 40.9 Å². The number of hydrogen-bond acceptors (Lipinski definition) is 7. The van der Waals surface area contributed by atoms with Gasteiger partial charge in [0.15, 0.2) is 0 Å². The monoisotopic (exact) mass is 344 g/mol. The van der Waals surface area contributed by atoms with Gasteiger partial charge in [0.1, 0.15) is 0 Å². The van der Waals surface area contributed by atoms with E-state index in [9.17, 15) is 10.1 Å². The molecular weight excluding hydrogens is 324 g/mol. The van der Waals surface area contributed by atoms with Crippen LogP contribution in [0, 0.1) is 21.4 Å². The fraction of sp³-hybridized carbons (Fsp3) is 0.529. The Kier molecular flexibility index (Phi) is 3.54. The summed E-state index contributed by atoms with van der Waals surface area (Å²) >= 11 is 0. The molecule has 1 aromatic heterocycles. The van der Waals surface area contributed by atoms with Crippen LogP contribution in [0.15, 0.2) is 28.8 Å². The zero-order valence-electron chi connectivity index (χ0n) is 14.4. The third-order valence-corrected chi connectivity index (χ3v) is 5.51. The molecule has 25 heavy (non-hydrogen) atoms. The van der Waals surface area contributed by atoms with Gasteiger partial charge in [-0.25, -0.2) is 0 Å². The molecule has 1 aromatic carbocycles. The zero-order chi connectivity index (χ0) is 17.8. The van der Waals surface area contributed by atoms with Gasteiger partial charge in [0, 0.05) is 48.7 Å². The van der Waals surface area contributed by atoms with Gasteiger partial charge in [-0.15, -0.1) is 0 Å². The number of fused-ring (bicyclic) bond motifs is 1. The predicted octanol–water partition coefficient (Wildman–Crippen LogP) is 2.89. The Bertz CT molecular complexity index is 801. The first-order valence-electron chi connectivity index (χ1n) is 8.32. The smallest absolute Gasteiger partial charge is 0.324 e. The second kappa shape index (κ2) is 5.52. The summed E-state index contributed by atoms with van der Waals surface area (Å²) in [7, 11) is 1.97. The standard InChI is InChI=1S/C17H20N4O4/c1-17(2)13(12-8-9-24-14(12)17)20(3)16-18-15(19-25-16)10-4-6-11(7-5-10)21(22)23/h4-7,12-14H,8-9H2,1-3H3/t12-,13-,14+/m1/s1. The number of benzene rings is 1. The predicted molar refractivity (Wildman–Crippen MR) is 90.2 cm³/mol. The molecule has 0 bridgehead atoms. The largest absolute Gasteiger partial charge is 0.377 e. The Hall–Kier alpha value is -2.48. The first-order valence-corrected chi connectivity index (χ1v) is 8.32. The van der Waals surface area contributed by atoms with E-state index in [1.54, 1.807) is 12.1 Å². The quantitative estimate of drug-likeness (QED) is 0.621. The SMILES string of the molecule is CN(c1nc(-c2ccc([N+](=O)[O-])cc2)no1)[C@@H]1[C@H]2CCO[C@@H]2C1(C)C. The van der Waals surface area contributed by atoms with Crippen molar-refractivity contribution in [3.05, 3.63) is 34.4 Å². The van der Waals surface area contributed by atoms with Gasteiger partial charge in [0.05, 0.1) is 11.0 Å². The number of rotatable bonds is 4. The molecule has 3 atom stereocenters. The van der Waals surface area contributed by atoms with Crippen LogP contribution in [0.4, 0.5) is 11.7 Å². The molecule has 2 aromatic rings. The molecule has 1 aliphatic heterocycles. The van der Waals surface area contributed by atoms with E-state index < -0.39 is 4.92 Å². The van der Waals surface area contributed by atoms with E-state index in [0.717, 1.165) is 13.0 Å². The van der Waals surface area contributed by atoms with E-state index in [-0.39, 0.29) is 23.2 Å². The van der Waals surface area contributed by atoms with Crippen molar-refractivity contribution < 1.29 is 14.2 Å². The minimum Gasteiger partial charge on any atom is -0.377 e. The molecule has 0 N–H and O–H groups in total. The van der Waals surface area contributed by atoms with Crippen molar-refractivity contribution in [2.75, 3.05) is 18.6 Å². The second-order valence-electron chi connectivity index (χ2n) is 7.33. The van der Waals surface area contributed by atoms with E-state index in [4.69, 9.17) is 9.26 Å². The molecule has 8 nitrogen and oxygen atoms in total. The van der Waals surface area contributed by atoms with E-state index in [2.05, 4.69) is 24.0 Å². The fourth-order valence-electron chi connectivity index (χ4n) is 4.41. The molecule has 8 heteroatoms. The van der Waals surface area contributed by atoms with Crippen LogP contribution < -0.4 is 4.90 Å². The zero-order valence-corrected chi connectivity index (χ0v) is 14.4. The van der Waals surface area contributed by atoms with Crippen molar-refractivity contribution in [3.8, 4) is 11.4 Å². The van der Waals surface area contributed by atoms with Crippen LogP contribution in [0.1, 0.15) is 20.3 Å². The molecule has 2 heterocycles. The number of ether oxygens (including phenoxy) is 1. The van der Waals surface area contributed by atoms with Crippen molar-refractivity contribution in [1.82, 2.24) is 10.1 Å². The molecule has 1 saturated heterocycles. The summed E-state index contributed by atoms with van der Waals surface area (Å²) < 4.78 is 11.3. The summed E-state index contributed by atoms with van der Waals surface area (Å²) in [5, 5.41) is 14.8. The fourth-order valence-corrected chi connectivity index (χ4v) is 4.41. The maximum absolute atomic E-state index is 10.7. The molecule has 1 aliphatic carbocycles. The Balaban J connectivity index is 1.56. The van der Waals surface area contributed by atoms with Crippen LogP contribution in [0.25, 0.3) is 11.4 Å². The highest BCUT2D eigenvalue weighted by Gasteiger charge is 2.61. The molecular formula is C17H20N4O4. The number of anilines is 1. The molecule has 0 amide bonds. The number of nitro groups is 1. The number of nitro benzene ring substituents is 1. The lowest BCUT2D eigenvalue weighted by molar-refractivity contribution is -0.384. The van der Waals surface area contributed by atoms with Gasteiger partial charge < -0.3 is 14.2 Å². The first kappa shape index (κ1) is 16.0. The average Bonchev–Trinajstić information content (AvgIpc) is 3.23. The summed E-state index contributed by atoms with van der Waals surface area (Å²) in [6.07, 6.45) is 1.34. The number of hydrogen-bond donors (Lipinski definition) is 0. The van der Waals surface area contributed by atoms with Crippen molar-refractivity contribution in [2.24, 2.45) is 11.3 Å². The Morgan fingerprint density at radius 1 is 1.32 bits per heavy atom. The third kappa shape index (κ3) is 2.39. The molecule has 0 radical (unpaired) electrons. The molecule has 4 rings (SSSR count). The first-order chi connectivity index (χ1) is 11.9. The van der Waals surface area contributed by atoms with Crippen LogP contribution in [0.2, 0.25) is 0 Å². The minimum atomic E-state index is -0.433. The molecule has 2 fully saturated rings. The molecule has 0 unspecified atom stereocenters. The lowest BCUT2D eigenvalue weighted by Gasteiger charge is -2.57. The lowest BCUT2D eigenvalue weighted by atomic mass is 9.57. The number of nitrogens with zero attached hydrogens (tertiary/aromatic N) is 4. The van der Waals surface area contributed by atoms with E-state index in [0.29, 0.717) is 23.3 Å². The topological polar surface area (TPSA) is 94.5 Å². The van der Waals surface area contributed by atoms with Gasteiger partial charge in [-0.2, -0.15) is 4.98 Å². The average molecular weight is 344 g/mol. The maximum atomic E-state index is 10.7. The van der Waals surface area contributed by atoms with Gasteiger partial charge >= 0.3 is 6.01 Å². The highest BCUT2D eigenvalue weighted by Crippen LogP contribution is 2.54. The van der Waals surface area contributed by atoms with Crippen molar-refractivity contribution >= 4 is 11.7 Å². The Morgan fingerprint density at radius 3 is 2.72 bits per heavy atom. The van der Waals surface area contributed by atoms with Gasteiger partial charge in [-0.3, -0.25) is 10.1 Å². The van der Waals surface area contributed by atoms with Crippen LogP contribution in [0.5, 0.6) is 0 Å². The van der Waals surface area contributed by atoms with Crippen LogP contribution in [-0.2, 0) is 4.74 Å². The summed E-state index contributed by atoms with van der Waals surface area (Å²) in [6, 6.07) is 6.86. The number of non-ortho nitro benzene ring substituents is 1. The Morgan fingerprint density at radius 2 is 2.04 bits per heavy atom. The number of aromatic nitrogens is 2. The van der Waals surface area contributed by atoms with Crippen molar-refractivity contribution in [1.29, 1.82) is 0 Å². The van der Waals surface area contributed by atoms with Crippen molar-refractivity contribution in [2.45, 2.75) is 32.4 Å². The Labute approximate surface area is 144 Å². The van der Waals surface area contributed by atoms with Crippen LogP contribution >= 0.6 is 0 Å². The highest BCUT2D eigenvalue weighted by atomic mass is 16.6. The molecule has 2 aliphatic rings. The lowest BCUT2D eigenvalue weighted by Crippen LogP contribution is -2.66.